The molecule has 0 heterocycles. The van der Waals surface area contributed by atoms with E-state index in [9.17, 15) is 35.7 Å². The molecule has 5 aliphatic rings. The van der Waals surface area contributed by atoms with Crippen molar-refractivity contribution < 1.29 is 35.7 Å². The lowest BCUT2D eigenvalue weighted by Crippen LogP contribution is -2.76. The van der Waals surface area contributed by atoms with Crippen molar-refractivity contribution in [2.45, 2.75) is 111 Å². The third-order valence-electron chi connectivity index (χ3n) is 13.6. The lowest BCUT2D eigenvalue weighted by Gasteiger charge is -2.73. The first-order valence-corrected chi connectivity index (χ1v) is 14.4. The van der Waals surface area contributed by atoms with E-state index in [1.807, 2.05) is 20.8 Å². The van der Waals surface area contributed by atoms with Crippen LogP contribution in [0.2, 0.25) is 0 Å². The highest BCUT2D eigenvalue weighted by Crippen LogP contribution is 2.75. The molecular weight excluding hydrogens is 472 g/mol. The lowest BCUT2D eigenvalue weighted by atomic mass is 9.32. The molecule has 0 amide bonds. The first-order chi connectivity index (χ1) is 17.0. The van der Waals surface area contributed by atoms with Gasteiger partial charge in [0.2, 0.25) is 0 Å². The van der Waals surface area contributed by atoms with E-state index in [0.29, 0.717) is 12.8 Å². The predicted octanol–water partition coefficient (Wildman–Crippen LogP) is 2.00. The molecule has 4 fully saturated rings. The molecule has 37 heavy (non-hydrogen) atoms. The molecule has 0 aromatic heterocycles. The Labute approximate surface area is 221 Å². The fourth-order valence-corrected chi connectivity index (χ4v) is 11.0. The van der Waals surface area contributed by atoms with Gasteiger partial charge in [-0.3, -0.25) is 0 Å². The van der Waals surface area contributed by atoms with Crippen molar-refractivity contribution in [2.75, 3.05) is 13.2 Å². The second-order valence-corrected chi connectivity index (χ2v) is 15.2. The second-order valence-electron chi connectivity index (χ2n) is 15.2. The molecule has 0 aromatic carbocycles. The molecular formula is C30H50O7. The van der Waals surface area contributed by atoms with E-state index in [2.05, 4.69) is 26.8 Å². The number of allylic oxidation sites excluding steroid dienone is 1. The quantitative estimate of drug-likeness (QED) is 0.275. The first kappa shape index (κ1) is 28.0. The van der Waals surface area contributed by atoms with E-state index in [4.69, 9.17) is 0 Å². The zero-order valence-corrected chi connectivity index (χ0v) is 23.5. The standard InChI is InChI=1S/C30H50O7/c1-25(2)13-17-16-7-8-19-26(3)11-10-20(33)27(4,14-31)18(26)9-12-28(19,5)29(16,6)22(35)24(37)30(17,15-32)23(36)21(25)34/h7,17-24,31-37H,8-15H2,1-6H3/t17-,18+,19+,20-,21-,22-,23-,24+,26-,27+,28+,29-,30+/m0/s1. The molecule has 13 atom stereocenters. The van der Waals surface area contributed by atoms with Crippen LogP contribution in [0, 0.1) is 50.2 Å². The summed E-state index contributed by atoms with van der Waals surface area (Å²) in [5.41, 5.74) is -2.98. The molecule has 0 aliphatic heterocycles. The summed E-state index contributed by atoms with van der Waals surface area (Å²) in [6, 6.07) is 0. The summed E-state index contributed by atoms with van der Waals surface area (Å²) >= 11 is 0. The number of aliphatic hydroxyl groups is 7. The SMILES string of the molecule is CC1(C)C[C@H]2C3=CC[C@@H]4[C@@]5(C)CC[C@H](O)[C@](C)(CO)[C@@H]5CC[C@@]4(C)[C@]3(C)[C@@H](O)[C@@H](O)[C@@]2(CO)[C@@H](O)[C@@H]1O. The van der Waals surface area contributed by atoms with Gasteiger partial charge in [-0.15, -0.1) is 0 Å². The van der Waals surface area contributed by atoms with Gasteiger partial charge in [0.1, 0.15) is 0 Å². The maximum absolute atomic E-state index is 12.0. The van der Waals surface area contributed by atoms with Crippen molar-refractivity contribution in [3.63, 3.8) is 0 Å². The topological polar surface area (TPSA) is 142 Å². The zero-order valence-electron chi connectivity index (χ0n) is 23.5. The summed E-state index contributed by atoms with van der Waals surface area (Å²) in [7, 11) is 0. The molecule has 0 spiro atoms. The molecule has 5 rings (SSSR count). The molecule has 0 radical (unpaired) electrons. The Morgan fingerprint density at radius 2 is 1.38 bits per heavy atom. The van der Waals surface area contributed by atoms with Crippen LogP contribution in [0.1, 0.15) is 80.1 Å². The summed E-state index contributed by atoms with van der Waals surface area (Å²) in [4.78, 5) is 0. The van der Waals surface area contributed by atoms with Gasteiger partial charge in [-0.25, -0.2) is 0 Å². The van der Waals surface area contributed by atoms with Crippen LogP contribution in [0.3, 0.4) is 0 Å². The van der Waals surface area contributed by atoms with Gasteiger partial charge in [0.05, 0.1) is 49.1 Å². The number of hydrogen-bond acceptors (Lipinski definition) is 7. The summed E-state index contributed by atoms with van der Waals surface area (Å²) in [6.45, 7) is 11.9. The van der Waals surface area contributed by atoms with Gasteiger partial charge in [0.15, 0.2) is 0 Å². The number of aliphatic hydroxyl groups excluding tert-OH is 7. The minimum Gasteiger partial charge on any atom is -0.396 e. The van der Waals surface area contributed by atoms with E-state index in [1.165, 1.54) is 0 Å². The van der Waals surface area contributed by atoms with Gasteiger partial charge in [-0.05, 0) is 72.5 Å². The molecule has 0 aromatic rings. The smallest absolute Gasteiger partial charge is 0.0917 e. The largest absolute Gasteiger partial charge is 0.396 e. The van der Waals surface area contributed by atoms with Crippen molar-refractivity contribution in [2.24, 2.45) is 50.2 Å². The minimum atomic E-state index is -1.44. The Kier molecular flexibility index (Phi) is 6.24. The summed E-state index contributed by atoms with van der Waals surface area (Å²) < 4.78 is 0. The average molecular weight is 523 g/mol. The van der Waals surface area contributed by atoms with Crippen LogP contribution in [0.5, 0.6) is 0 Å². The van der Waals surface area contributed by atoms with E-state index in [0.717, 1.165) is 31.3 Å². The highest BCUT2D eigenvalue weighted by molar-refractivity contribution is 5.38. The van der Waals surface area contributed by atoms with Crippen molar-refractivity contribution in [3.05, 3.63) is 11.6 Å². The van der Waals surface area contributed by atoms with Crippen LogP contribution in [-0.2, 0) is 0 Å². The average Bonchev–Trinajstić information content (AvgIpc) is 2.85. The highest BCUT2D eigenvalue weighted by atomic mass is 16.4. The summed E-state index contributed by atoms with van der Waals surface area (Å²) in [5.74, 6) is -0.0758. The van der Waals surface area contributed by atoms with Crippen molar-refractivity contribution in [1.82, 2.24) is 0 Å². The van der Waals surface area contributed by atoms with Gasteiger partial charge in [0.25, 0.3) is 0 Å². The molecule has 7 N–H and O–H groups in total. The lowest BCUT2D eigenvalue weighted by molar-refractivity contribution is -0.289. The maximum Gasteiger partial charge on any atom is 0.0917 e. The van der Waals surface area contributed by atoms with E-state index in [1.54, 1.807) is 0 Å². The van der Waals surface area contributed by atoms with Crippen molar-refractivity contribution in [3.8, 4) is 0 Å². The maximum atomic E-state index is 12.0. The van der Waals surface area contributed by atoms with E-state index in [-0.39, 0.29) is 35.2 Å². The van der Waals surface area contributed by atoms with Crippen LogP contribution in [0.4, 0.5) is 0 Å². The van der Waals surface area contributed by atoms with Crippen LogP contribution in [0.25, 0.3) is 0 Å². The Hall–Kier alpha value is -0.540. The molecule has 0 bridgehead atoms. The molecule has 5 aliphatic carbocycles. The molecule has 0 saturated heterocycles. The van der Waals surface area contributed by atoms with Crippen molar-refractivity contribution >= 4 is 0 Å². The highest BCUT2D eigenvalue weighted by Gasteiger charge is 2.75. The third-order valence-corrected chi connectivity index (χ3v) is 13.6. The Morgan fingerprint density at radius 1 is 0.757 bits per heavy atom. The number of rotatable bonds is 2. The molecule has 7 nitrogen and oxygen atoms in total. The number of fused-ring (bicyclic) bond motifs is 7. The molecule has 4 saturated carbocycles. The Balaban J connectivity index is 1.67. The monoisotopic (exact) mass is 522 g/mol. The van der Waals surface area contributed by atoms with Crippen molar-refractivity contribution in [1.29, 1.82) is 0 Å². The normalized spacial score (nSPS) is 58.9. The van der Waals surface area contributed by atoms with Gasteiger partial charge >= 0.3 is 0 Å². The zero-order chi connectivity index (χ0) is 27.6. The fourth-order valence-electron chi connectivity index (χ4n) is 11.0. The van der Waals surface area contributed by atoms with Gasteiger partial charge in [0, 0.05) is 10.8 Å². The summed E-state index contributed by atoms with van der Waals surface area (Å²) in [6.07, 6.45) is 0.868. The fraction of sp³-hybridized carbons (Fsp3) is 0.933. The Morgan fingerprint density at radius 3 is 1.97 bits per heavy atom. The first-order valence-electron chi connectivity index (χ1n) is 14.4. The van der Waals surface area contributed by atoms with Crippen LogP contribution < -0.4 is 0 Å². The summed E-state index contributed by atoms with van der Waals surface area (Å²) in [5, 5.41) is 78.1. The molecule has 0 unspecified atom stereocenters. The molecule has 212 valence electrons. The van der Waals surface area contributed by atoms with Crippen LogP contribution in [-0.4, -0.2) is 79.5 Å². The Bertz CT molecular complexity index is 966. The van der Waals surface area contributed by atoms with Gasteiger partial charge in [-0.2, -0.15) is 0 Å². The van der Waals surface area contributed by atoms with Gasteiger partial charge in [-0.1, -0.05) is 53.2 Å². The minimum absolute atomic E-state index is 0.0616. The number of hydrogen-bond donors (Lipinski definition) is 7. The van der Waals surface area contributed by atoms with Crippen LogP contribution >= 0.6 is 0 Å². The van der Waals surface area contributed by atoms with Gasteiger partial charge < -0.3 is 35.7 Å². The van der Waals surface area contributed by atoms with E-state index < -0.39 is 58.8 Å². The predicted molar refractivity (Wildman–Crippen MR) is 139 cm³/mol. The third kappa shape index (κ3) is 3.03. The molecule has 7 heteroatoms. The second kappa shape index (κ2) is 8.25. The van der Waals surface area contributed by atoms with E-state index >= 15 is 0 Å². The van der Waals surface area contributed by atoms with Crippen LogP contribution in [0.15, 0.2) is 11.6 Å².